The van der Waals surface area contributed by atoms with Crippen molar-refractivity contribution in [1.82, 2.24) is 0 Å². The molecule has 2 aromatic rings. The zero-order valence-electron chi connectivity index (χ0n) is 13.6. The molecule has 2 unspecified atom stereocenters. The Labute approximate surface area is 134 Å². The highest BCUT2D eigenvalue weighted by Gasteiger charge is 2.36. The van der Waals surface area contributed by atoms with E-state index in [1.54, 1.807) is 0 Å². The van der Waals surface area contributed by atoms with Gasteiger partial charge in [-0.3, -0.25) is 0 Å². The molecule has 1 N–H and O–H groups in total. The summed E-state index contributed by atoms with van der Waals surface area (Å²) in [5.41, 5.74) is 5.65. The molecule has 0 aromatic heterocycles. The van der Waals surface area contributed by atoms with E-state index in [0.717, 1.165) is 6.42 Å². The van der Waals surface area contributed by atoms with E-state index in [9.17, 15) is 4.80 Å². The van der Waals surface area contributed by atoms with Crippen molar-refractivity contribution in [2.24, 2.45) is 0 Å². The second kappa shape index (κ2) is 5.86. The van der Waals surface area contributed by atoms with E-state index in [2.05, 4.69) is 67.6 Å². The third kappa shape index (κ3) is 2.94. The van der Waals surface area contributed by atoms with Crippen molar-refractivity contribution < 1.29 is 4.80 Å². The van der Waals surface area contributed by atoms with Crippen LogP contribution in [0, 0.1) is 0 Å². The lowest BCUT2D eigenvalue weighted by atomic mass is 9.91. The first kappa shape index (κ1) is 15.3. The topological polar surface area (TPSA) is 20.2 Å². The van der Waals surface area contributed by atoms with Crippen molar-refractivity contribution in [1.29, 1.82) is 0 Å². The number of hydrogen-bond donors (Lipinski definition) is 1. The van der Waals surface area contributed by atoms with E-state index in [-0.39, 0.29) is 5.54 Å². The molecule has 1 nitrogen and oxygen atoms in total. The first-order valence-electron chi connectivity index (χ1n) is 8.04. The predicted molar refractivity (Wildman–Crippen MR) is 96.3 cm³/mol. The Morgan fingerprint density at radius 1 is 1.00 bits per heavy atom. The maximum absolute atomic E-state index is 10.6. The highest BCUT2D eigenvalue weighted by molar-refractivity contribution is 6.72. The van der Waals surface area contributed by atoms with Crippen LogP contribution in [0.15, 0.2) is 60.7 Å². The van der Waals surface area contributed by atoms with Gasteiger partial charge in [0.1, 0.15) is 0 Å². The van der Waals surface area contributed by atoms with Crippen molar-refractivity contribution in [2.45, 2.75) is 37.9 Å². The van der Waals surface area contributed by atoms with E-state index in [1.807, 2.05) is 13.1 Å². The lowest BCUT2D eigenvalue weighted by Crippen LogP contribution is -2.33. The second-order valence-corrected chi connectivity index (χ2v) is 10.9. The summed E-state index contributed by atoms with van der Waals surface area (Å²) in [6, 6.07) is 19.3. The summed E-state index contributed by atoms with van der Waals surface area (Å²) >= 11 is 0. The highest BCUT2D eigenvalue weighted by Crippen LogP contribution is 2.43. The first-order chi connectivity index (χ1) is 10.5. The average Bonchev–Trinajstić information content (AvgIpc) is 2.87. The lowest BCUT2D eigenvalue weighted by Gasteiger charge is -2.22. The molecule has 2 heteroatoms. The predicted octanol–water partition coefficient (Wildman–Crippen LogP) is 5.10. The monoisotopic (exact) mass is 308 g/mol. The van der Waals surface area contributed by atoms with Gasteiger partial charge >= 0.3 is 0 Å². The van der Waals surface area contributed by atoms with Gasteiger partial charge in [-0.25, -0.2) is 0 Å². The molecule has 2 atom stereocenters. The van der Waals surface area contributed by atoms with Crippen LogP contribution in [0.3, 0.4) is 0 Å². The van der Waals surface area contributed by atoms with Gasteiger partial charge < -0.3 is 4.80 Å². The molecule has 0 saturated carbocycles. The summed E-state index contributed by atoms with van der Waals surface area (Å²) < 4.78 is 0. The fourth-order valence-electron chi connectivity index (χ4n) is 3.43. The van der Waals surface area contributed by atoms with Crippen LogP contribution in [0.1, 0.15) is 41.5 Å². The fraction of sp³-hybridized carbons (Fsp3) is 0.300. The molecule has 0 amide bonds. The van der Waals surface area contributed by atoms with Gasteiger partial charge in [-0.2, -0.15) is 0 Å². The third-order valence-electron chi connectivity index (χ3n) is 4.67. The first-order valence-corrected chi connectivity index (χ1v) is 11.1. The normalized spacial score (nSPS) is 18.7. The molecule has 0 bridgehead atoms. The zero-order valence-corrected chi connectivity index (χ0v) is 14.6. The van der Waals surface area contributed by atoms with Crippen molar-refractivity contribution in [3.8, 4) is 0 Å². The molecule has 0 heterocycles. The molecule has 22 heavy (non-hydrogen) atoms. The maximum atomic E-state index is 10.6. The number of rotatable bonds is 4. The largest absolute Gasteiger partial charge is 0.431 e. The van der Waals surface area contributed by atoms with Gasteiger partial charge in [0.25, 0.3) is 0 Å². The van der Waals surface area contributed by atoms with Gasteiger partial charge in [-0.1, -0.05) is 67.6 Å². The van der Waals surface area contributed by atoms with E-state index >= 15 is 0 Å². The number of hydrogen-bond acceptors (Lipinski definition) is 1. The molecule has 1 aliphatic rings. The average molecular weight is 308 g/mol. The van der Waals surface area contributed by atoms with E-state index in [4.69, 9.17) is 0 Å². The Bertz CT molecular complexity index is 682. The minimum absolute atomic E-state index is 0.224. The van der Waals surface area contributed by atoms with Gasteiger partial charge in [-0.05, 0) is 47.7 Å². The van der Waals surface area contributed by atoms with E-state index in [0.29, 0.717) is 5.92 Å². The fourth-order valence-corrected chi connectivity index (χ4v) is 5.06. The Morgan fingerprint density at radius 3 is 2.32 bits per heavy atom. The number of fused-ring (bicyclic) bond motifs is 1. The Hall–Kier alpha value is -1.64. The van der Waals surface area contributed by atoms with Crippen LogP contribution in [-0.2, 0) is 0 Å². The van der Waals surface area contributed by atoms with Crippen LogP contribution in [0.4, 0.5) is 0 Å². The van der Waals surface area contributed by atoms with Gasteiger partial charge in [0.2, 0.25) is 0 Å². The van der Waals surface area contributed by atoms with Crippen molar-refractivity contribution >= 4 is 13.9 Å². The smallest absolute Gasteiger partial charge is 0.193 e. The lowest BCUT2D eigenvalue weighted by molar-refractivity contribution is 0.540. The van der Waals surface area contributed by atoms with Crippen molar-refractivity contribution in [3.63, 3.8) is 0 Å². The highest BCUT2D eigenvalue weighted by atomic mass is 28.4. The molecule has 0 aliphatic heterocycles. The molecule has 0 fully saturated rings. The Balaban J connectivity index is 1.91. The van der Waals surface area contributed by atoms with Crippen LogP contribution in [0.25, 0.3) is 5.57 Å². The van der Waals surface area contributed by atoms with Gasteiger partial charge in [0.15, 0.2) is 8.32 Å². The minimum Gasteiger partial charge on any atom is -0.431 e. The van der Waals surface area contributed by atoms with Crippen LogP contribution in [0.2, 0.25) is 13.1 Å². The second-order valence-electron chi connectivity index (χ2n) is 6.93. The third-order valence-corrected chi connectivity index (χ3v) is 6.67. The maximum Gasteiger partial charge on any atom is 0.193 e. The number of allylic oxidation sites excluding steroid dienone is 2. The van der Waals surface area contributed by atoms with Crippen LogP contribution < -0.4 is 0 Å². The Morgan fingerprint density at radius 2 is 1.64 bits per heavy atom. The van der Waals surface area contributed by atoms with E-state index in [1.165, 1.54) is 22.3 Å². The standard InChI is InChI=1S/C20H24OSi/c1-15(16-9-5-4-6-10-16)13-17-14-20(22(2,3)21)19-12-8-7-11-18(17)19/h4-12,14-15,20-21H,13H2,1-3H3. The van der Waals surface area contributed by atoms with Crippen LogP contribution in [0.5, 0.6) is 0 Å². The van der Waals surface area contributed by atoms with Gasteiger partial charge in [0, 0.05) is 5.54 Å². The summed E-state index contributed by atoms with van der Waals surface area (Å²) in [4.78, 5) is 10.6. The van der Waals surface area contributed by atoms with Crippen LogP contribution >= 0.6 is 0 Å². The molecule has 0 radical (unpaired) electrons. The SMILES string of the molecule is CC(CC1=CC([Si](C)(C)O)c2ccccc21)c1ccccc1. The summed E-state index contributed by atoms with van der Waals surface area (Å²) in [6.45, 7) is 6.36. The molecule has 2 aromatic carbocycles. The minimum atomic E-state index is -2.22. The zero-order chi connectivity index (χ0) is 15.7. The quantitative estimate of drug-likeness (QED) is 0.779. The molecule has 3 rings (SSSR count). The summed E-state index contributed by atoms with van der Waals surface area (Å²) in [5.74, 6) is 0.489. The molecule has 0 spiro atoms. The van der Waals surface area contributed by atoms with E-state index < -0.39 is 8.32 Å². The van der Waals surface area contributed by atoms with Gasteiger partial charge in [0.05, 0.1) is 0 Å². The molecule has 0 saturated heterocycles. The van der Waals surface area contributed by atoms with Crippen molar-refractivity contribution in [3.05, 3.63) is 77.4 Å². The van der Waals surface area contributed by atoms with Gasteiger partial charge in [-0.15, -0.1) is 0 Å². The number of benzene rings is 2. The summed E-state index contributed by atoms with van der Waals surface area (Å²) in [5, 5.41) is 0. The summed E-state index contributed by atoms with van der Waals surface area (Å²) in [7, 11) is -2.22. The van der Waals surface area contributed by atoms with Crippen LogP contribution in [-0.4, -0.2) is 13.1 Å². The molecule has 1 aliphatic carbocycles. The summed E-state index contributed by atoms with van der Waals surface area (Å²) in [6.07, 6.45) is 3.36. The molecular formula is C20H24OSi. The Kier molecular flexibility index (Phi) is 4.07. The van der Waals surface area contributed by atoms with Crippen molar-refractivity contribution in [2.75, 3.05) is 0 Å². The molecule has 114 valence electrons. The molecular weight excluding hydrogens is 284 g/mol.